The largest absolute Gasteiger partial charge is 0.374 e. The second kappa shape index (κ2) is 5.67. The Morgan fingerprint density at radius 2 is 2.06 bits per heavy atom. The topological polar surface area (TPSA) is 49.4 Å². The van der Waals surface area contributed by atoms with Crippen LogP contribution in [0.1, 0.15) is 29.6 Å². The van der Waals surface area contributed by atoms with Crippen LogP contribution in [0.5, 0.6) is 0 Å². The Morgan fingerprint density at radius 1 is 1.39 bits per heavy atom. The molecule has 0 atom stereocenters. The van der Waals surface area contributed by atoms with Gasteiger partial charge in [0.05, 0.1) is 0 Å². The molecule has 4 nitrogen and oxygen atoms in total. The molecule has 1 N–H and O–H groups in total. The Kier molecular flexibility index (Phi) is 3.97. The lowest BCUT2D eigenvalue weighted by Gasteiger charge is -2.19. The summed E-state index contributed by atoms with van der Waals surface area (Å²) in [5, 5.41) is 2.97. The van der Waals surface area contributed by atoms with Gasteiger partial charge in [0.1, 0.15) is 6.29 Å². The molecule has 1 saturated carbocycles. The number of aldehydes is 1. The third-order valence-corrected chi connectivity index (χ3v) is 3.09. The van der Waals surface area contributed by atoms with Gasteiger partial charge in [-0.15, -0.1) is 0 Å². The van der Waals surface area contributed by atoms with Gasteiger partial charge >= 0.3 is 0 Å². The van der Waals surface area contributed by atoms with Crippen molar-refractivity contribution in [1.82, 2.24) is 5.32 Å². The number of nitrogens with zero attached hydrogens (tertiary/aromatic N) is 1. The van der Waals surface area contributed by atoms with Gasteiger partial charge < -0.3 is 10.2 Å². The molecule has 0 aliphatic heterocycles. The summed E-state index contributed by atoms with van der Waals surface area (Å²) in [6, 6.07) is 7.77. The fourth-order valence-electron chi connectivity index (χ4n) is 1.73. The second-order valence-corrected chi connectivity index (χ2v) is 4.72. The summed E-state index contributed by atoms with van der Waals surface area (Å²) in [6.07, 6.45) is 3.57. The van der Waals surface area contributed by atoms with Crippen molar-refractivity contribution in [2.45, 2.75) is 25.3 Å². The first kappa shape index (κ1) is 12.6. The Labute approximate surface area is 107 Å². The first-order chi connectivity index (χ1) is 8.69. The van der Waals surface area contributed by atoms with Crippen LogP contribution in [0.3, 0.4) is 0 Å². The maximum Gasteiger partial charge on any atom is 0.221 e. The smallest absolute Gasteiger partial charge is 0.221 e. The van der Waals surface area contributed by atoms with Crippen LogP contribution in [0.15, 0.2) is 24.3 Å². The van der Waals surface area contributed by atoms with Crippen molar-refractivity contribution in [2.24, 2.45) is 0 Å². The van der Waals surface area contributed by atoms with Crippen LogP contribution in [0.4, 0.5) is 5.69 Å². The maximum absolute atomic E-state index is 11.5. The SMILES string of the molecule is CN(CCC(=O)NC1CC1)c1ccc(C=O)cc1. The lowest BCUT2D eigenvalue weighted by Crippen LogP contribution is -2.30. The van der Waals surface area contributed by atoms with Crippen molar-refractivity contribution in [3.63, 3.8) is 0 Å². The number of hydrogen-bond acceptors (Lipinski definition) is 3. The first-order valence-corrected chi connectivity index (χ1v) is 6.25. The predicted octanol–water partition coefficient (Wildman–Crippen LogP) is 1.60. The minimum Gasteiger partial charge on any atom is -0.374 e. The molecule has 0 unspecified atom stereocenters. The fourth-order valence-corrected chi connectivity index (χ4v) is 1.73. The average Bonchev–Trinajstić information content (AvgIpc) is 3.20. The third kappa shape index (κ3) is 3.58. The molecule has 96 valence electrons. The summed E-state index contributed by atoms with van der Waals surface area (Å²) >= 11 is 0. The van der Waals surface area contributed by atoms with Crippen LogP contribution in [-0.4, -0.2) is 31.8 Å². The Bertz CT molecular complexity index is 424. The van der Waals surface area contributed by atoms with Gasteiger partial charge in [0.15, 0.2) is 0 Å². The number of amides is 1. The second-order valence-electron chi connectivity index (χ2n) is 4.72. The van der Waals surface area contributed by atoms with Crippen molar-refractivity contribution in [1.29, 1.82) is 0 Å². The number of nitrogens with one attached hydrogen (secondary N) is 1. The highest BCUT2D eigenvalue weighted by molar-refractivity contribution is 5.77. The zero-order valence-corrected chi connectivity index (χ0v) is 10.6. The van der Waals surface area contributed by atoms with Crippen LogP contribution in [0, 0.1) is 0 Å². The summed E-state index contributed by atoms with van der Waals surface area (Å²) in [7, 11) is 1.94. The molecule has 1 aliphatic carbocycles. The molecule has 0 radical (unpaired) electrons. The molecular formula is C14H18N2O2. The van der Waals surface area contributed by atoms with Gasteiger partial charge in [-0.2, -0.15) is 0 Å². The van der Waals surface area contributed by atoms with Crippen LogP contribution >= 0.6 is 0 Å². The van der Waals surface area contributed by atoms with E-state index in [1.165, 1.54) is 0 Å². The summed E-state index contributed by atoms with van der Waals surface area (Å²) in [4.78, 5) is 24.1. The van der Waals surface area contributed by atoms with E-state index in [0.29, 0.717) is 24.6 Å². The summed E-state index contributed by atoms with van der Waals surface area (Å²) < 4.78 is 0. The van der Waals surface area contributed by atoms with Crippen molar-refractivity contribution >= 4 is 17.9 Å². The summed E-state index contributed by atoms with van der Waals surface area (Å²) in [5.41, 5.74) is 1.68. The van der Waals surface area contributed by atoms with Gasteiger partial charge in [-0.05, 0) is 37.1 Å². The van der Waals surface area contributed by atoms with Gasteiger partial charge in [-0.1, -0.05) is 0 Å². The van der Waals surface area contributed by atoms with E-state index in [0.717, 1.165) is 24.8 Å². The average molecular weight is 246 g/mol. The predicted molar refractivity (Wildman–Crippen MR) is 70.9 cm³/mol. The highest BCUT2D eigenvalue weighted by Gasteiger charge is 2.22. The lowest BCUT2D eigenvalue weighted by molar-refractivity contribution is -0.121. The molecule has 1 aromatic carbocycles. The normalized spacial score (nSPS) is 14.1. The van der Waals surface area contributed by atoms with Gasteiger partial charge in [0.25, 0.3) is 0 Å². The minimum absolute atomic E-state index is 0.119. The zero-order chi connectivity index (χ0) is 13.0. The molecule has 0 spiro atoms. The van der Waals surface area contributed by atoms with Crippen molar-refractivity contribution in [3.8, 4) is 0 Å². The van der Waals surface area contributed by atoms with E-state index in [-0.39, 0.29) is 5.91 Å². The number of anilines is 1. The van der Waals surface area contributed by atoms with E-state index in [9.17, 15) is 9.59 Å². The van der Waals surface area contributed by atoms with E-state index in [4.69, 9.17) is 0 Å². The fraction of sp³-hybridized carbons (Fsp3) is 0.429. The Hall–Kier alpha value is -1.84. The molecule has 1 aromatic rings. The van der Waals surface area contributed by atoms with Crippen LogP contribution < -0.4 is 10.2 Å². The maximum atomic E-state index is 11.5. The van der Waals surface area contributed by atoms with E-state index >= 15 is 0 Å². The lowest BCUT2D eigenvalue weighted by atomic mass is 10.2. The first-order valence-electron chi connectivity index (χ1n) is 6.25. The highest BCUT2D eigenvalue weighted by atomic mass is 16.1. The molecule has 4 heteroatoms. The molecule has 0 aromatic heterocycles. The van der Waals surface area contributed by atoms with Crippen molar-refractivity contribution in [3.05, 3.63) is 29.8 Å². The molecule has 1 fully saturated rings. The number of hydrogen-bond donors (Lipinski definition) is 1. The number of rotatable bonds is 6. The molecule has 1 amide bonds. The Morgan fingerprint density at radius 3 is 2.61 bits per heavy atom. The number of benzene rings is 1. The molecule has 0 heterocycles. The molecule has 18 heavy (non-hydrogen) atoms. The highest BCUT2D eigenvalue weighted by Crippen LogP contribution is 2.19. The standard InChI is InChI=1S/C14H18N2O2/c1-16(9-8-14(18)15-12-4-5-12)13-6-2-11(10-17)3-7-13/h2-3,6-7,10,12H,4-5,8-9H2,1H3,(H,15,18). The van der Waals surface area contributed by atoms with Gasteiger partial charge in [0.2, 0.25) is 5.91 Å². The Balaban J connectivity index is 1.80. The minimum atomic E-state index is 0.119. The van der Waals surface area contributed by atoms with Gasteiger partial charge in [-0.3, -0.25) is 9.59 Å². The van der Waals surface area contributed by atoms with Crippen LogP contribution in [0.25, 0.3) is 0 Å². The molecule has 2 rings (SSSR count). The molecular weight excluding hydrogens is 228 g/mol. The monoisotopic (exact) mass is 246 g/mol. The number of carbonyl (C=O) groups excluding carboxylic acids is 2. The van der Waals surface area contributed by atoms with Crippen LogP contribution in [0.2, 0.25) is 0 Å². The van der Waals surface area contributed by atoms with Crippen molar-refractivity contribution < 1.29 is 9.59 Å². The molecule has 0 bridgehead atoms. The van der Waals surface area contributed by atoms with E-state index in [2.05, 4.69) is 5.32 Å². The van der Waals surface area contributed by atoms with E-state index in [1.807, 2.05) is 24.1 Å². The number of carbonyl (C=O) groups is 2. The van der Waals surface area contributed by atoms with Gasteiger partial charge in [0, 0.05) is 37.3 Å². The van der Waals surface area contributed by atoms with E-state index in [1.54, 1.807) is 12.1 Å². The van der Waals surface area contributed by atoms with E-state index < -0.39 is 0 Å². The van der Waals surface area contributed by atoms with Crippen molar-refractivity contribution in [2.75, 3.05) is 18.5 Å². The quantitative estimate of drug-likeness (QED) is 0.776. The zero-order valence-electron chi connectivity index (χ0n) is 10.6. The summed E-state index contributed by atoms with van der Waals surface area (Å²) in [5.74, 6) is 0.119. The van der Waals surface area contributed by atoms with Gasteiger partial charge in [-0.25, -0.2) is 0 Å². The molecule has 0 saturated heterocycles. The third-order valence-electron chi connectivity index (χ3n) is 3.09. The summed E-state index contributed by atoms with van der Waals surface area (Å²) in [6.45, 7) is 0.680. The van der Waals surface area contributed by atoms with Crippen LogP contribution in [-0.2, 0) is 4.79 Å². The molecule has 1 aliphatic rings.